The summed E-state index contributed by atoms with van der Waals surface area (Å²) in [5.74, 6) is -0.0641. The van der Waals surface area contributed by atoms with Crippen molar-refractivity contribution in [3.8, 4) is 0 Å². The van der Waals surface area contributed by atoms with E-state index in [4.69, 9.17) is 4.74 Å². The van der Waals surface area contributed by atoms with Gasteiger partial charge in [0, 0.05) is 37.6 Å². The molecule has 2 heterocycles. The first kappa shape index (κ1) is 20.3. The number of anilines is 2. The third kappa shape index (κ3) is 4.96. The lowest BCUT2D eigenvalue weighted by Gasteiger charge is -2.25. The average Bonchev–Trinajstić information content (AvgIpc) is 3.19. The zero-order valence-electron chi connectivity index (χ0n) is 16.8. The molecule has 3 amide bonds. The van der Waals surface area contributed by atoms with E-state index in [9.17, 15) is 14.7 Å². The van der Waals surface area contributed by atoms with E-state index in [1.165, 1.54) is 0 Å². The third-order valence-corrected chi connectivity index (χ3v) is 5.35. The van der Waals surface area contributed by atoms with E-state index in [-0.39, 0.29) is 18.5 Å². The number of aliphatic hydroxyl groups excluding tert-OH is 1. The van der Waals surface area contributed by atoms with Crippen LogP contribution in [0.15, 0.2) is 42.5 Å². The third-order valence-electron chi connectivity index (χ3n) is 5.35. The molecule has 2 aromatic carbocycles. The zero-order valence-corrected chi connectivity index (χ0v) is 16.8. The molecule has 2 aliphatic heterocycles. The first-order chi connectivity index (χ1) is 14.6. The molecule has 8 nitrogen and oxygen atoms in total. The van der Waals surface area contributed by atoms with Crippen LogP contribution in [0.5, 0.6) is 0 Å². The maximum Gasteiger partial charge on any atom is 0.322 e. The number of aliphatic hydroxyl groups is 1. The molecule has 1 fully saturated rings. The molecule has 0 atom stereocenters. The van der Waals surface area contributed by atoms with Gasteiger partial charge in [-0.3, -0.25) is 9.69 Å². The van der Waals surface area contributed by atoms with Gasteiger partial charge in [0.2, 0.25) is 5.91 Å². The van der Waals surface area contributed by atoms with Crippen molar-refractivity contribution in [3.05, 3.63) is 59.2 Å². The van der Waals surface area contributed by atoms with E-state index in [0.29, 0.717) is 44.2 Å². The lowest BCUT2D eigenvalue weighted by atomic mass is 10.1. The summed E-state index contributed by atoms with van der Waals surface area (Å²) in [6, 6.07) is 12.7. The number of nitrogens with one attached hydrogen (secondary N) is 2. The first-order valence-corrected chi connectivity index (χ1v) is 10.1. The Morgan fingerprint density at radius 3 is 2.30 bits per heavy atom. The Labute approximate surface area is 175 Å². The van der Waals surface area contributed by atoms with Gasteiger partial charge in [0.25, 0.3) is 0 Å². The topological polar surface area (TPSA) is 94.1 Å². The lowest BCUT2D eigenvalue weighted by molar-refractivity contribution is -0.118. The van der Waals surface area contributed by atoms with Crippen LogP contribution in [-0.2, 0) is 29.2 Å². The highest BCUT2D eigenvalue weighted by molar-refractivity contribution is 5.93. The maximum atomic E-state index is 12.6. The summed E-state index contributed by atoms with van der Waals surface area (Å²) in [5, 5.41) is 15.1. The van der Waals surface area contributed by atoms with Gasteiger partial charge in [-0.25, -0.2) is 4.79 Å². The van der Waals surface area contributed by atoms with Crippen molar-refractivity contribution >= 4 is 23.3 Å². The molecular weight excluding hydrogens is 384 g/mol. The predicted molar refractivity (Wildman–Crippen MR) is 113 cm³/mol. The molecule has 0 unspecified atom stereocenters. The number of nitrogens with zero attached hydrogens (tertiary/aromatic N) is 2. The van der Waals surface area contributed by atoms with Crippen LogP contribution < -0.4 is 10.6 Å². The van der Waals surface area contributed by atoms with Gasteiger partial charge in [0.05, 0.1) is 26.4 Å². The van der Waals surface area contributed by atoms with Crippen molar-refractivity contribution in [2.24, 2.45) is 0 Å². The van der Waals surface area contributed by atoms with E-state index < -0.39 is 0 Å². The van der Waals surface area contributed by atoms with Crippen LogP contribution in [-0.4, -0.2) is 59.7 Å². The minimum atomic E-state index is -0.180. The van der Waals surface area contributed by atoms with Crippen LogP contribution in [0.3, 0.4) is 0 Å². The van der Waals surface area contributed by atoms with Gasteiger partial charge in [0.1, 0.15) is 0 Å². The number of carbonyl (C=O) groups excluding carboxylic acids is 2. The summed E-state index contributed by atoms with van der Waals surface area (Å²) >= 11 is 0. The van der Waals surface area contributed by atoms with Gasteiger partial charge in [-0.05, 0) is 41.0 Å². The van der Waals surface area contributed by atoms with E-state index >= 15 is 0 Å². The van der Waals surface area contributed by atoms with Crippen LogP contribution >= 0.6 is 0 Å². The molecule has 0 bridgehead atoms. The fourth-order valence-electron chi connectivity index (χ4n) is 3.69. The number of morpholine rings is 1. The van der Waals surface area contributed by atoms with Crippen LogP contribution in [0.25, 0.3) is 0 Å². The quantitative estimate of drug-likeness (QED) is 0.701. The standard InChI is InChI=1S/C22H26N4O4/c27-15-16-1-2-17-12-26(13-18(17)11-16)22(29)24-20-5-3-19(4-6-20)23-21(28)14-25-7-9-30-10-8-25/h1-6,11,27H,7-10,12-15H2,(H,23,28)(H,24,29). The predicted octanol–water partition coefficient (Wildman–Crippen LogP) is 2.00. The fraction of sp³-hybridized carbons (Fsp3) is 0.364. The van der Waals surface area contributed by atoms with Gasteiger partial charge in [-0.2, -0.15) is 0 Å². The number of benzene rings is 2. The van der Waals surface area contributed by atoms with Crippen molar-refractivity contribution in [1.29, 1.82) is 0 Å². The van der Waals surface area contributed by atoms with Gasteiger partial charge in [-0.1, -0.05) is 18.2 Å². The Balaban J connectivity index is 1.28. The molecule has 0 radical (unpaired) electrons. The number of hydrogen-bond acceptors (Lipinski definition) is 5. The normalized spacial score (nSPS) is 16.2. The average molecular weight is 410 g/mol. The molecule has 8 heteroatoms. The maximum absolute atomic E-state index is 12.6. The number of fused-ring (bicyclic) bond motifs is 1. The monoisotopic (exact) mass is 410 g/mol. The Morgan fingerprint density at radius 2 is 1.60 bits per heavy atom. The summed E-state index contributed by atoms with van der Waals surface area (Å²) in [4.78, 5) is 28.6. The fourth-order valence-corrected chi connectivity index (χ4v) is 3.69. The number of rotatable bonds is 5. The molecule has 30 heavy (non-hydrogen) atoms. The minimum absolute atomic E-state index is 0.00515. The van der Waals surface area contributed by atoms with Crippen LogP contribution in [0.1, 0.15) is 16.7 Å². The molecule has 2 aromatic rings. The highest BCUT2D eigenvalue weighted by Crippen LogP contribution is 2.25. The Morgan fingerprint density at radius 1 is 0.933 bits per heavy atom. The van der Waals surface area contributed by atoms with Crippen molar-refractivity contribution in [1.82, 2.24) is 9.80 Å². The molecule has 4 rings (SSSR count). The summed E-state index contributed by atoms with van der Waals surface area (Å²) in [6.07, 6.45) is 0. The summed E-state index contributed by atoms with van der Waals surface area (Å²) in [6.45, 7) is 4.25. The number of urea groups is 1. The van der Waals surface area contributed by atoms with Crippen LogP contribution in [0, 0.1) is 0 Å². The molecule has 0 spiro atoms. The molecule has 0 aliphatic carbocycles. The molecular formula is C22H26N4O4. The Bertz CT molecular complexity index is 910. The van der Waals surface area contributed by atoms with Gasteiger partial charge >= 0.3 is 6.03 Å². The van der Waals surface area contributed by atoms with Crippen LogP contribution in [0.2, 0.25) is 0 Å². The number of hydrogen-bond donors (Lipinski definition) is 3. The number of amides is 3. The summed E-state index contributed by atoms with van der Waals surface area (Å²) < 4.78 is 5.29. The molecule has 0 saturated carbocycles. The van der Waals surface area contributed by atoms with E-state index in [0.717, 1.165) is 29.8 Å². The van der Waals surface area contributed by atoms with E-state index in [1.807, 2.05) is 18.2 Å². The largest absolute Gasteiger partial charge is 0.392 e. The van der Waals surface area contributed by atoms with Crippen molar-refractivity contribution in [2.75, 3.05) is 43.5 Å². The lowest BCUT2D eigenvalue weighted by Crippen LogP contribution is -2.41. The second-order valence-corrected chi connectivity index (χ2v) is 7.56. The van der Waals surface area contributed by atoms with Gasteiger partial charge in [0.15, 0.2) is 0 Å². The number of ether oxygens (including phenoxy) is 1. The van der Waals surface area contributed by atoms with E-state index in [1.54, 1.807) is 29.2 Å². The second kappa shape index (κ2) is 9.25. The minimum Gasteiger partial charge on any atom is -0.392 e. The highest BCUT2D eigenvalue weighted by atomic mass is 16.5. The highest BCUT2D eigenvalue weighted by Gasteiger charge is 2.23. The summed E-state index contributed by atoms with van der Waals surface area (Å²) in [7, 11) is 0. The molecule has 2 aliphatic rings. The molecule has 0 aromatic heterocycles. The molecule has 1 saturated heterocycles. The zero-order chi connectivity index (χ0) is 20.9. The number of carbonyl (C=O) groups is 2. The van der Waals surface area contributed by atoms with Crippen molar-refractivity contribution in [2.45, 2.75) is 19.7 Å². The smallest absolute Gasteiger partial charge is 0.322 e. The second-order valence-electron chi connectivity index (χ2n) is 7.56. The van der Waals surface area contributed by atoms with Gasteiger partial charge in [-0.15, -0.1) is 0 Å². The van der Waals surface area contributed by atoms with Crippen molar-refractivity contribution < 1.29 is 19.4 Å². The van der Waals surface area contributed by atoms with Crippen LogP contribution in [0.4, 0.5) is 16.2 Å². The Kier molecular flexibility index (Phi) is 6.27. The van der Waals surface area contributed by atoms with Crippen molar-refractivity contribution in [3.63, 3.8) is 0 Å². The SMILES string of the molecule is O=C(CN1CCOCC1)Nc1ccc(NC(=O)N2Cc3ccc(CO)cc3C2)cc1. The molecule has 3 N–H and O–H groups in total. The van der Waals surface area contributed by atoms with E-state index in [2.05, 4.69) is 15.5 Å². The van der Waals surface area contributed by atoms with Gasteiger partial charge < -0.3 is 25.4 Å². The first-order valence-electron chi connectivity index (χ1n) is 10.1. The Hall–Kier alpha value is -2.94. The molecule has 158 valence electrons. The summed E-state index contributed by atoms with van der Waals surface area (Å²) in [5.41, 5.74) is 4.37.